The highest BCUT2D eigenvalue weighted by molar-refractivity contribution is 6.34. The molecule has 9 heteroatoms. The first-order valence-corrected chi connectivity index (χ1v) is 9.61. The Bertz CT molecular complexity index is 1080. The number of esters is 1. The van der Waals surface area contributed by atoms with E-state index in [1.54, 1.807) is 10.7 Å². The lowest BCUT2D eigenvalue weighted by molar-refractivity contribution is -0.141. The van der Waals surface area contributed by atoms with Gasteiger partial charge >= 0.3 is 5.97 Å². The quantitative estimate of drug-likeness (QED) is 0.613. The Labute approximate surface area is 173 Å². The molecule has 154 valence electrons. The van der Waals surface area contributed by atoms with Crippen LogP contribution in [0, 0.1) is 6.92 Å². The lowest BCUT2D eigenvalue weighted by atomic mass is 9.92. The molecule has 0 saturated carbocycles. The van der Waals surface area contributed by atoms with Gasteiger partial charge in [0.2, 0.25) is 5.91 Å². The highest BCUT2D eigenvalue weighted by atomic mass is 35.5. The van der Waals surface area contributed by atoms with Crippen LogP contribution in [-0.2, 0) is 19.7 Å². The van der Waals surface area contributed by atoms with E-state index in [4.69, 9.17) is 11.6 Å². The van der Waals surface area contributed by atoms with E-state index in [1.807, 2.05) is 39.8 Å². The normalized spacial score (nSPS) is 11.7. The molecule has 0 bridgehead atoms. The number of aromatic amines is 1. The molecule has 2 N–H and O–H groups in total. The number of H-pyrrole nitrogens is 1. The Morgan fingerprint density at radius 1 is 1.28 bits per heavy atom. The monoisotopic (exact) mass is 417 g/mol. The molecule has 2 aromatic heterocycles. The number of nitrogens with zero attached hydrogens (tertiary/aromatic N) is 3. The highest BCUT2D eigenvalue weighted by Gasteiger charge is 2.25. The van der Waals surface area contributed by atoms with Crippen LogP contribution >= 0.6 is 11.6 Å². The number of amides is 1. The van der Waals surface area contributed by atoms with Crippen molar-refractivity contribution >= 4 is 34.8 Å². The lowest BCUT2D eigenvalue weighted by Crippen LogP contribution is -2.15. The van der Waals surface area contributed by atoms with Crippen molar-refractivity contribution in [1.82, 2.24) is 19.8 Å². The number of nitrogens with one attached hydrogen (secondary N) is 2. The number of ether oxygens (including phenoxy) is 1. The number of methoxy groups -OCH3 is 1. The van der Waals surface area contributed by atoms with Crippen molar-refractivity contribution < 1.29 is 14.3 Å². The van der Waals surface area contributed by atoms with Crippen LogP contribution in [0.3, 0.4) is 0 Å². The van der Waals surface area contributed by atoms with Gasteiger partial charge in [0.25, 0.3) is 0 Å². The molecule has 3 aromatic rings. The molecule has 8 nitrogen and oxygen atoms in total. The summed E-state index contributed by atoms with van der Waals surface area (Å²) >= 11 is 6.52. The minimum absolute atomic E-state index is 0.0143. The van der Waals surface area contributed by atoms with E-state index in [1.165, 1.54) is 7.11 Å². The van der Waals surface area contributed by atoms with Crippen molar-refractivity contribution in [2.24, 2.45) is 0 Å². The fourth-order valence-corrected chi connectivity index (χ4v) is 3.45. The van der Waals surface area contributed by atoms with Gasteiger partial charge in [-0.3, -0.25) is 14.7 Å². The molecule has 0 unspecified atom stereocenters. The number of hydrogen-bond donors (Lipinski definition) is 2. The van der Waals surface area contributed by atoms with E-state index in [0.717, 1.165) is 11.3 Å². The highest BCUT2D eigenvalue weighted by Crippen LogP contribution is 2.34. The molecule has 29 heavy (non-hydrogen) atoms. The van der Waals surface area contributed by atoms with Gasteiger partial charge in [-0.1, -0.05) is 44.5 Å². The predicted octanol–water partition coefficient (Wildman–Crippen LogP) is 3.88. The van der Waals surface area contributed by atoms with Crippen LogP contribution in [-0.4, -0.2) is 38.8 Å². The molecular formula is C20H24ClN5O3. The predicted molar refractivity (Wildman–Crippen MR) is 111 cm³/mol. The summed E-state index contributed by atoms with van der Waals surface area (Å²) in [5.41, 5.74) is 3.36. The number of halogens is 1. The Morgan fingerprint density at radius 3 is 2.62 bits per heavy atom. The van der Waals surface area contributed by atoms with Gasteiger partial charge in [-0.15, -0.1) is 5.10 Å². The van der Waals surface area contributed by atoms with Gasteiger partial charge in [-0.2, -0.15) is 4.63 Å². The van der Waals surface area contributed by atoms with Crippen LogP contribution in [0.1, 0.15) is 44.9 Å². The number of fused-ring (bicyclic) bond motifs is 1. The lowest BCUT2D eigenvalue weighted by Gasteiger charge is -2.16. The van der Waals surface area contributed by atoms with Crippen molar-refractivity contribution in [2.75, 3.05) is 12.4 Å². The molecule has 0 aliphatic rings. The minimum Gasteiger partial charge on any atom is -0.469 e. The van der Waals surface area contributed by atoms with Gasteiger partial charge < -0.3 is 10.1 Å². The van der Waals surface area contributed by atoms with Gasteiger partial charge in [0.15, 0.2) is 11.5 Å². The Hall–Kier alpha value is -2.87. The summed E-state index contributed by atoms with van der Waals surface area (Å²) < 4.78 is 6.12. The molecule has 0 atom stereocenters. The second kappa shape index (κ2) is 7.87. The first kappa shape index (κ1) is 20.9. The molecular weight excluding hydrogens is 394 g/mol. The Morgan fingerprint density at radius 2 is 2.00 bits per heavy atom. The number of carbonyl (C=O) groups excluding carboxylic acids is 2. The van der Waals surface area contributed by atoms with Gasteiger partial charge in [0.05, 0.1) is 24.9 Å². The van der Waals surface area contributed by atoms with E-state index in [-0.39, 0.29) is 24.2 Å². The average Bonchev–Trinajstić information content (AvgIpc) is 3.19. The Balaban J connectivity index is 1.95. The third-order valence-electron chi connectivity index (χ3n) is 4.55. The van der Waals surface area contributed by atoms with Crippen LogP contribution < -0.4 is 5.32 Å². The van der Waals surface area contributed by atoms with Crippen LogP contribution in [0.15, 0.2) is 18.2 Å². The smallest absolute Gasteiger partial charge is 0.306 e. The second-order valence-corrected chi connectivity index (χ2v) is 8.22. The van der Waals surface area contributed by atoms with Crippen molar-refractivity contribution in [2.45, 2.75) is 46.0 Å². The van der Waals surface area contributed by atoms with Crippen LogP contribution in [0.5, 0.6) is 0 Å². The molecule has 0 saturated heterocycles. The molecule has 3 rings (SSSR count). The molecule has 0 aliphatic carbocycles. The van der Waals surface area contributed by atoms with Crippen molar-refractivity contribution in [1.29, 1.82) is 0 Å². The maximum Gasteiger partial charge on any atom is 0.306 e. The summed E-state index contributed by atoms with van der Waals surface area (Å²) in [6, 6.07) is 5.52. The third-order valence-corrected chi connectivity index (χ3v) is 4.90. The number of aromatic nitrogens is 4. The fraction of sp³-hybridized carbons (Fsp3) is 0.400. The molecule has 2 heterocycles. The molecule has 1 amide bonds. The molecule has 0 aliphatic heterocycles. The first-order valence-electron chi connectivity index (χ1n) is 9.23. The van der Waals surface area contributed by atoms with E-state index in [9.17, 15) is 9.59 Å². The summed E-state index contributed by atoms with van der Waals surface area (Å²) in [6.07, 6.45) is 0.0403. The molecule has 0 radical (unpaired) electrons. The van der Waals surface area contributed by atoms with Crippen LogP contribution in [0.4, 0.5) is 5.69 Å². The van der Waals surface area contributed by atoms with E-state index < -0.39 is 5.97 Å². The van der Waals surface area contributed by atoms with Crippen LogP contribution in [0.25, 0.3) is 17.0 Å². The standard InChI is InChI=1S/C20H24ClN5O3/c1-11-7-6-8-12(22-13(27)9-10-14(28)29-5)15(11)18-23-19-16(21)17(20(2,3)4)24-26(19)25-18/h6-8,24H,9-10H2,1-5H3,(H,22,27). The number of rotatable bonds is 5. The second-order valence-electron chi connectivity index (χ2n) is 7.84. The van der Waals surface area contributed by atoms with Crippen LogP contribution in [0.2, 0.25) is 5.02 Å². The number of aryl methyl sites for hydroxylation is 1. The van der Waals surface area contributed by atoms with Gasteiger partial charge in [0, 0.05) is 17.4 Å². The zero-order chi connectivity index (χ0) is 21.3. The molecule has 0 spiro atoms. The maximum atomic E-state index is 12.3. The van der Waals surface area contributed by atoms with E-state index >= 15 is 0 Å². The molecule has 1 aromatic carbocycles. The van der Waals surface area contributed by atoms with Crippen molar-refractivity contribution in [3.8, 4) is 11.4 Å². The summed E-state index contributed by atoms with van der Waals surface area (Å²) in [5.74, 6) is -0.279. The summed E-state index contributed by atoms with van der Waals surface area (Å²) in [6.45, 7) is 8.06. The van der Waals surface area contributed by atoms with Crippen molar-refractivity contribution in [3.05, 3.63) is 34.5 Å². The van der Waals surface area contributed by atoms with E-state index in [2.05, 4.69) is 25.2 Å². The maximum absolute atomic E-state index is 12.3. The van der Waals surface area contributed by atoms with E-state index in [0.29, 0.717) is 27.7 Å². The zero-order valence-corrected chi connectivity index (χ0v) is 17.8. The fourth-order valence-electron chi connectivity index (χ4n) is 3.00. The number of benzene rings is 1. The number of anilines is 1. The first-order chi connectivity index (χ1) is 13.6. The average molecular weight is 418 g/mol. The topological polar surface area (TPSA) is 101 Å². The van der Waals surface area contributed by atoms with Gasteiger partial charge in [-0.05, 0) is 18.6 Å². The largest absolute Gasteiger partial charge is 0.469 e. The third kappa shape index (κ3) is 4.27. The number of carbonyl (C=O) groups is 2. The van der Waals surface area contributed by atoms with Gasteiger partial charge in [-0.25, -0.2) is 4.98 Å². The van der Waals surface area contributed by atoms with Gasteiger partial charge in [0.1, 0.15) is 5.02 Å². The summed E-state index contributed by atoms with van der Waals surface area (Å²) in [5, 5.41) is 11.1. The minimum atomic E-state index is -0.432. The SMILES string of the molecule is COC(=O)CCC(=O)Nc1cccc(C)c1-c1nc2c(Cl)c(C(C)(C)C)[nH]n2n1. The summed E-state index contributed by atoms with van der Waals surface area (Å²) in [7, 11) is 1.29. The molecule has 0 fully saturated rings. The van der Waals surface area contributed by atoms with Crippen molar-refractivity contribution in [3.63, 3.8) is 0 Å². The zero-order valence-electron chi connectivity index (χ0n) is 17.1. The number of hydrogen-bond acceptors (Lipinski definition) is 5. The summed E-state index contributed by atoms with van der Waals surface area (Å²) in [4.78, 5) is 28.1. The Kier molecular flexibility index (Phi) is 5.66.